The summed E-state index contributed by atoms with van der Waals surface area (Å²) in [5.74, 6) is -0.424. The molecule has 1 aliphatic heterocycles. The number of rotatable bonds is 1. The minimum absolute atomic E-state index is 0.212. The van der Waals surface area contributed by atoms with Crippen LogP contribution in [0, 0.1) is 0 Å². The van der Waals surface area contributed by atoms with Crippen molar-refractivity contribution in [3.8, 4) is 0 Å². The minimum atomic E-state index is -0.212. The molecule has 19 heavy (non-hydrogen) atoms. The van der Waals surface area contributed by atoms with Gasteiger partial charge in [0.2, 0.25) is 0 Å². The second kappa shape index (κ2) is 4.31. The molecule has 0 fully saturated rings. The van der Waals surface area contributed by atoms with E-state index in [1.54, 1.807) is 42.9 Å². The number of aliphatic imine (C=N–C) groups is 1. The fourth-order valence-corrected chi connectivity index (χ4v) is 2.36. The van der Waals surface area contributed by atoms with Gasteiger partial charge in [-0.15, -0.1) is 0 Å². The first kappa shape index (κ1) is 11.6. The van der Waals surface area contributed by atoms with Crippen molar-refractivity contribution in [3.63, 3.8) is 0 Å². The Balaban J connectivity index is 2.19. The molecule has 1 heterocycles. The predicted molar refractivity (Wildman–Crippen MR) is 72.1 cm³/mol. The van der Waals surface area contributed by atoms with Crippen LogP contribution in [-0.2, 0) is 0 Å². The van der Waals surface area contributed by atoms with Crippen LogP contribution in [0.25, 0.3) is 0 Å². The number of Topliss-reactive ketones (excluding diaryl/α,β-unsaturated/α-hetero) is 2. The third kappa shape index (κ3) is 1.64. The number of nitrogens with zero attached hydrogens (tertiary/aromatic N) is 2. The van der Waals surface area contributed by atoms with E-state index in [9.17, 15) is 9.59 Å². The molecular formula is C15H12N2O2. The maximum Gasteiger partial charge on any atom is 0.199 e. The number of fused-ring (bicyclic) bond motifs is 1. The molecule has 4 nitrogen and oxygen atoms in total. The van der Waals surface area contributed by atoms with Crippen LogP contribution in [0.1, 0.15) is 27.6 Å². The van der Waals surface area contributed by atoms with E-state index in [1.165, 1.54) is 0 Å². The summed E-state index contributed by atoms with van der Waals surface area (Å²) in [5, 5.41) is 0. The van der Waals surface area contributed by atoms with Crippen LogP contribution >= 0.6 is 0 Å². The summed E-state index contributed by atoms with van der Waals surface area (Å²) in [4.78, 5) is 30.6. The molecule has 0 spiro atoms. The van der Waals surface area contributed by atoms with Crippen molar-refractivity contribution in [1.29, 1.82) is 0 Å². The molecule has 1 aromatic carbocycles. The van der Waals surface area contributed by atoms with E-state index in [0.717, 1.165) is 0 Å². The molecular weight excluding hydrogens is 240 g/mol. The summed E-state index contributed by atoms with van der Waals surface area (Å²) < 4.78 is 0. The minimum Gasteiger partial charge on any atom is -0.345 e. The van der Waals surface area contributed by atoms with Crippen molar-refractivity contribution < 1.29 is 9.59 Å². The van der Waals surface area contributed by atoms with Crippen molar-refractivity contribution in [2.24, 2.45) is 4.99 Å². The maximum atomic E-state index is 12.4. The van der Waals surface area contributed by atoms with Crippen LogP contribution in [0.15, 0.2) is 52.9 Å². The Hall–Kier alpha value is -2.49. The summed E-state index contributed by atoms with van der Waals surface area (Å²) in [7, 11) is 0. The quantitative estimate of drug-likeness (QED) is 0.568. The zero-order chi connectivity index (χ0) is 13.4. The zero-order valence-electron chi connectivity index (χ0n) is 10.5. The highest BCUT2D eigenvalue weighted by Crippen LogP contribution is 2.29. The lowest BCUT2D eigenvalue weighted by molar-refractivity contribution is 0.0985. The largest absolute Gasteiger partial charge is 0.345 e. The highest BCUT2D eigenvalue weighted by molar-refractivity contribution is 6.40. The van der Waals surface area contributed by atoms with Gasteiger partial charge in [-0.2, -0.15) is 0 Å². The normalized spacial score (nSPS) is 17.4. The Morgan fingerprint density at radius 2 is 1.74 bits per heavy atom. The molecule has 0 atom stereocenters. The molecule has 0 aromatic heterocycles. The zero-order valence-corrected chi connectivity index (χ0v) is 10.5. The molecule has 1 aliphatic carbocycles. The maximum absolute atomic E-state index is 12.4. The third-order valence-electron chi connectivity index (χ3n) is 3.31. The Morgan fingerprint density at radius 1 is 1.11 bits per heavy atom. The van der Waals surface area contributed by atoms with Crippen LogP contribution in [0.3, 0.4) is 0 Å². The summed E-state index contributed by atoms with van der Waals surface area (Å²) in [6.45, 7) is 2.64. The second-order valence-electron chi connectivity index (χ2n) is 4.33. The molecule has 2 aliphatic rings. The SMILES string of the molecule is CCN1C=CN=CC1=C1C(=O)c2ccccc2C1=O. The summed E-state index contributed by atoms with van der Waals surface area (Å²) >= 11 is 0. The van der Waals surface area contributed by atoms with Gasteiger partial charge in [0.25, 0.3) is 0 Å². The van der Waals surface area contributed by atoms with Gasteiger partial charge in [0.05, 0.1) is 17.5 Å². The van der Waals surface area contributed by atoms with Gasteiger partial charge in [0, 0.05) is 30.1 Å². The average molecular weight is 252 g/mol. The Bertz CT molecular complexity index is 631. The van der Waals surface area contributed by atoms with Gasteiger partial charge >= 0.3 is 0 Å². The predicted octanol–water partition coefficient (Wildman–Crippen LogP) is 2.20. The highest BCUT2D eigenvalue weighted by atomic mass is 16.2. The molecule has 0 saturated carbocycles. The fraction of sp³-hybridized carbons (Fsp3) is 0.133. The molecule has 0 saturated heterocycles. The topological polar surface area (TPSA) is 49.7 Å². The van der Waals surface area contributed by atoms with E-state index in [4.69, 9.17) is 0 Å². The molecule has 0 N–H and O–H groups in total. The lowest BCUT2D eigenvalue weighted by Crippen LogP contribution is -2.23. The van der Waals surface area contributed by atoms with E-state index in [2.05, 4.69) is 4.99 Å². The number of ketones is 2. The van der Waals surface area contributed by atoms with Gasteiger partial charge in [0.15, 0.2) is 11.6 Å². The van der Waals surface area contributed by atoms with Crippen LogP contribution in [-0.4, -0.2) is 29.2 Å². The first-order valence-electron chi connectivity index (χ1n) is 6.13. The van der Waals surface area contributed by atoms with Crippen molar-refractivity contribution in [2.45, 2.75) is 6.92 Å². The number of benzene rings is 1. The molecule has 0 amide bonds. The third-order valence-corrected chi connectivity index (χ3v) is 3.31. The molecule has 0 unspecified atom stereocenters. The Labute approximate surface area is 110 Å². The summed E-state index contributed by atoms with van der Waals surface area (Å²) in [5.41, 5.74) is 1.76. The molecule has 0 radical (unpaired) electrons. The van der Waals surface area contributed by atoms with Crippen molar-refractivity contribution in [3.05, 3.63) is 59.1 Å². The smallest absolute Gasteiger partial charge is 0.199 e. The van der Waals surface area contributed by atoms with Crippen molar-refractivity contribution in [1.82, 2.24) is 4.90 Å². The second-order valence-corrected chi connectivity index (χ2v) is 4.33. The molecule has 94 valence electrons. The standard InChI is InChI=1S/C15H12N2O2/c1-2-17-8-7-16-9-12(17)13-14(18)10-5-3-4-6-11(10)15(13)19/h3-9H,2H2,1H3. The molecule has 0 bridgehead atoms. The number of carbonyl (C=O) groups excluding carboxylic acids is 2. The average Bonchev–Trinajstić information content (AvgIpc) is 2.71. The first-order chi connectivity index (χ1) is 9.24. The Kier molecular flexibility index (Phi) is 2.63. The van der Waals surface area contributed by atoms with Crippen LogP contribution in [0.4, 0.5) is 0 Å². The van der Waals surface area contributed by atoms with E-state index < -0.39 is 0 Å². The van der Waals surface area contributed by atoms with Crippen LogP contribution in [0.5, 0.6) is 0 Å². The van der Waals surface area contributed by atoms with Gasteiger partial charge in [0.1, 0.15) is 0 Å². The number of allylic oxidation sites excluding steroid dienone is 2. The number of hydrogen-bond donors (Lipinski definition) is 0. The monoisotopic (exact) mass is 252 g/mol. The van der Waals surface area contributed by atoms with E-state index in [0.29, 0.717) is 23.4 Å². The summed E-state index contributed by atoms with van der Waals surface area (Å²) in [6.07, 6.45) is 4.98. The van der Waals surface area contributed by atoms with Gasteiger partial charge in [-0.05, 0) is 6.92 Å². The van der Waals surface area contributed by atoms with E-state index in [1.807, 2.05) is 11.8 Å². The molecule has 4 heteroatoms. The lowest BCUT2D eigenvalue weighted by atomic mass is 10.1. The van der Waals surface area contributed by atoms with Crippen LogP contribution in [0.2, 0.25) is 0 Å². The lowest BCUT2D eigenvalue weighted by Gasteiger charge is -2.22. The van der Waals surface area contributed by atoms with Gasteiger partial charge in [-0.3, -0.25) is 14.6 Å². The van der Waals surface area contributed by atoms with Gasteiger partial charge in [-0.1, -0.05) is 24.3 Å². The summed E-state index contributed by atoms with van der Waals surface area (Å²) in [6, 6.07) is 6.92. The molecule has 3 rings (SSSR count). The Morgan fingerprint density at radius 3 is 2.32 bits per heavy atom. The van der Waals surface area contributed by atoms with Crippen molar-refractivity contribution >= 4 is 17.8 Å². The van der Waals surface area contributed by atoms with Crippen molar-refractivity contribution in [2.75, 3.05) is 6.54 Å². The number of carbonyl (C=O) groups is 2. The molecule has 1 aromatic rings. The highest BCUT2D eigenvalue weighted by Gasteiger charge is 2.36. The van der Waals surface area contributed by atoms with Gasteiger partial charge < -0.3 is 4.90 Å². The fourth-order valence-electron chi connectivity index (χ4n) is 2.36. The van der Waals surface area contributed by atoms with Crippen LogP contribution < -0.4 is 0 Å². The van der Waals surface area contributed by atoms with Gasteiger partial charge in [-0.25, -0.2) is 0 Å². The number of hydrogen-bond acceptors (Lipinski definition) is 4. The van der Waals surface area contributed by atoms with E-state index in [-0.39, 0.29) is 17.1 Å². The first-order valence-corrected chi connectivity index (χ1v) is 6.13. The van der Waals surface area contributed by atoms with E-state index >= 15 is 0 Å².